The Kier molecular flexibility index (Phi) is 6.48. The fraction of sp³-hybridized carbons (Fsp3) is 0.278. The largest absolute Gasteiger partial charge is 0.489 e. The summed E-state index contributed by atoms with van der Waals surface area (Å²) in [6.07, 6.45) is 2.74. The third-order valence-electron chi connectivity index (χ3n) is 3.45. The van der Waals surface area contributed by atoms with E-state index in [0.717, 1.165) is 0 Å². The Balaban J connectivity index is 2.00. The number of amides is 3. The molecule has 0 aliphatic carbocycles. The number of anilines is 2. The van der Waals surface area contributed by atoms with Crippen molar-refractivity contribution in [3.05, 3.63) is 48.5 Å². The van der Waals surface area contributed by atoms with E-state index in [0.29, 0.717) is 12.2 Å². The molecule has 0 saturated heterocycles. The third-order valence-corrected chi connectivity index (χ3v) is 3.45. The third kappa shape index (κ3) is 6.04. The lowest BCUT2D eigenvalue weighted by atomic mass is 10.2. The summed E-state index contributed by atoms with van der Waals surface area (Å²) in [5.74, 6) is -0.383. The van der Waals surface area contributed by atoms with Crippen molar-refractivity contribution in [2.75, 3.05) is 24.2 Å². The summed E-state index contributed by atoms with van der Waals surface area (Å²) in [6, 6.07) is 6.74. The molecule has 0 aliphatic rings. The number of halogens is 1. The molecule has 0 fully saturated rings. The number of likely N-dealkylation sites (N-methyl/N-ethyl adjacent to an activating group) is 1. The van der Waals surface area contributed by atoms with Crippen LogP contribution in [0, 0.1) is 5.82 Å². The van der Waals surface area contributed by atoms with E-state index in [4.69, 9.17) is 4.74 Å². The number of urea groups is 1. The maximum Gasteiger partial charge on any atom is 0.323 e. The first-order valence-corrected chi connectivity index (χ1v) is 8.00. The van der Waals surface area contributed by atoms with Crippen LogP contribution < -0.4 is 15.4 Å². The van der Waals surface area contributed by atoms with E-state index in [1.165, 1.54) is 36.2 Å². The number of nitrogens with zero attached hydrogens (tertiary/aromatic N) is 2. The van der Waals surface area contributed by atoms with E-state index in [9.17, 15) is 14.0 Å². The summed E-state index contributed by atoms with van der Waals surface area (Å²) >= 11 is 0. The van der Waals surface area contributed by atoms with Gasteiger partial charge in [-0.15, -0.1) is 0 Å². The van der Waals surface area contributed by atoms with E-state index in [1.54, 1.807) is 32.3 Å². The Morgan fingerprint density at radius 1 is 1.27 bits per heavy atom. The molecule has 2 aromatic rings. The van der Waals surface area contributed by atoms with Crippen LogP contribution in [0.1, 0.15) is 13.8 Å². The van der Waals surface area contributed by atoms with E-state index in [2.05, 4.69) is 15.6 Å². The first kappa shape index (κ1) is 19.2. The predicted molar refractivity (Wildman–Crippen MR) is 96.7 cm³/mol. The topological polar surface area (TPSA) is 83.6 Å². The van der Waals surface area contributed by atoms with Gasteiger partial charge in [0.25, 0.3) is 0 Å². The van der Waals surface area contributed by atoms with E-state index < -0.39 is 11.8 Å². The van der Waals surface area contributed by atoms with Crippen LogP contribution in [0.2, 0.25) is 0 Å². The highest BCUT2D eigenvalue weighted by Gasteiger charge is 2.12. The Labute approximate surface area is 151 Å². The monoisotopic (exact) mass is 360 g/mol. The highest BCUT2D eigenvalue weighted by atomic mass is 19.1. The van der Waals surface area contributed by atoms with Crippen molar-refractivity contribution in [3.63, 3.8) is 0 Å². The number of aromatic nitrogens is 1. The number of carbonyl (C=O) groups excluding carboxylic acids is 2. The molecule has 26 heavy (non-hydrogen) atoms. The average molecular weight is 360 g/mol. The molecule has 0 radical (unpaired) electrons. The fourth-order valence-corrected chi connectivity index (χ4v) is 2.22. The minimum absolute atomic E-state index is 0.0888. The summed E-state index contributed by atoms with van der Waals surface area (Å²) in [5, 5.41) is 5.13. The molecule has 0 spiro atoms. The molecular formula is C18H21FN4O3. The lowest BCUT2D eigenvalue weighted by molar-refractivity contribution is -0.128. The Bertz CT molecular complexity index is 770. The normalized spacial score (nSPS) is 11.4. The molecule has 1 heterocycles. The van der Waals surface area contributed by atoms with Gasteiger partial charge < -0.3 is 20.3 Å². The predicted octanol–water partition coefficient (Wildman–Crippen LogP) is 3.11. The van der Waals surface area contributed by atoms with Gasteiger partial charge in [0.05, 0.1) is 18.4 Å². The fourth-order valence-electron chi connectivity index (χ4n) is 2.22. The molecule has 1 aromatic carbocycles. The number of hydrogen-bond donors (Lipinski definition) is 2. The van der Waals surface area contributed by atoms with Crippen molar-refractivity contribution >= 4 is 23.3 Å². The van der Waals surface area contributed by atoms with Gasteiger partial charge in [0.1, 0.15) is 17.7 Å². The Morgan fingerprint density at radius 2 is 2.00 bits per heavy atom. The van der Waals surface area contributed by atoms with Gasteiger partial charge in [-0.3, -0.25) is 9.78 Å². The van der Waals surface area contributed by atoms with Crippen LogP contribution in [0.15, 0.2) is 42.7 Å². The van der Waals surface area contributed by atoms with Crippen LogP contribution in [0.4, 0.5) is 20.6 Å². The van der Waals surface area contributed by atoms with Gasteiger partial charge in [-0.1, -0.05) is 0 Å². The number of pyridine rings is 1. The second-order valence-electron chi connectivity index (χ2n) is 5.82. The van der Waals surface area contributed by atoms with Crippen LogP contribution in [0.25, 0.3) is 0 Å². The zero-order valence-corrected chi connectivity index (χ0v) is 14.8. The maximum atomic E-state index is 13.8. The molecule has 1 aromatic heterocycles. The van der Waals surface area contributed by atoms with Crippen LogP contribution >= 0.6 is 0 Å². The molecule has 2 N–H and O–H groups in total. The van der Waals surface area contributed by atoms with Gasteiger partial charge in [-0.25, -0.2) is 9.18 Å². The maximum absolute atomic E-state index is 13.8. The van der Waals surface area contributed by atoms with Gasteiger partial charge in [0.2, 0.25) is 5.91 Å². The van der Waals surface area contributed by atoms with Crippen molar-refractivity contribution in [3.8, 4) is 5.75 Å². The first-order valence-electron chi connectivity index (χ1n) is 8.00. The zero-order chi connectivity index (χ0) is 19.1. The quantitative estimate of drug-likeness (QED) is 0.829. The highest BCUT2D eigenvalue weighted by molar-refractivity contribution is 5.99. The van der Waals surface area contributed by atoms with Crippen LogP contribution in [-0.2, 0) is 4.79 Å². The summed E-state index contributed by atoms with van der Waals surface area (Å²) < 4.78 is 19.5. The van der Waals surface area contributed by atoms with Gasteiger partial charge in [-0.2, -0.15) is 0 Å². The second kappa shape index (κ2) is 8.80. The van der Waals surface area contributed by atoms with Gasteiger partial charge >= 0.3 is 6.03 Å². The molecule has 0 bridgehead atoms. The lowest BCUT2D eigenvalue weighted by Gasteiger charge is -2.21. The zero-order valence-electron chi connectivity index (χ0n) is 14.8. The van der Waals surface area contributed by atoms with Gasteiger partial charge in [0, 0.05) is 38.0 Å². The number of ether oxygens (including phenoxy) is 1. The molecule has 0 saturated carbocycles. The number of nitrogens with one attached hydrogen (secondary N) is 2. The molecule has 138 valence electrons. The summed E-state index contributed by atoms with van der Waals surface area (Å²) in [4.78, 5) is 28.6. The minimum atomic E-state index is -0.550. The molecule has 1 atom stereocenters. The minimum Gasteiger partial charge on any atom is -0.489 e. The molecule has 7 nitrogen and oxygen atoms in total. The van der Waals surface area contributed by atoms with Crippen molar-refractivity contribution in [1.29, 1.82) is 0 Å². The van der Waals surface area contributed by atoms with Crippen LogP contribution in [-0.4, -0.2) is 41.5 Å². The molecular weight excluding hydrogens is 339 g/mol. The summed E-state index contributed by atoms with van der Waals surface area (Å²) in [7, 11) is 1.66. The molecule has 3 amide bonds. The smallest absolute Gasteiger partial charge is 0.323 e. The standard InChI is InChI=1S/C18H21FN4O3/c1-12(11-23(3)13(2)24)26-17-8-14(19)7-16(9-17)22-18(25)21-15-5-4-6-20-10-15/h4-10,12H,11H2,1-3H3,(H2,21,22,25)/t12-/m1/s1. The summed E-state index contributed by atoms with van der Waals surface area (Å²) in [6.45, 7) is 3.58. The number of carbonyl (C=O) groups is 2. The molecule has 0 unspecified atom stereocenters. The van der Waals surface area contributed by atoms with Gasteiger partial charge in [0.15, 0.2) is 0 Å². The van der Waals surface area contributed by atoms with Crippen LogP contribution in [0.3, 0.4) is 0 Å². The van der Waals surface area contributed by atoms with E-state index in [1.807, 2.05) is 0 Å². The van der Waals surface area contributed by atoms with Crippen molar-refractivity contribution < 1.29 is 18.7 Å². The average Bonchev–Trinajstić information content (AvgIpc) is 2.54. The SMILES string of the molecule is CC(=O)N(C)C[C@@H](C)Oc1cc(F)cc(NC(=O)Nc2cccnc2)c1. The number of benzene rings is 1. The van der Waals surface area contributed by atoms with Crippen molar-refractivity contribution in [2.45, 2.75) is 20.0 Å². The van der Waals surface area contributed by atoms with Crippen molar-refractivity contribution in [2.24, 2.45) is 0 Å². The lowest BCUT2D eigenvalue weighted by Crippen LogP contribution is -2.34. The second-order valence-corrected chi connectivity index (χ2v) is 5.82. The summed E-state index contributed by atoms with van der Waals surface area (Å²) in [5.41, 5.74) is 0.757. The Morgan fingerprint density at radius 3 is 2.65 bits per heavy atom. The van der Waals surface area contributed by atoms with Gasteiger partial charge in [-0.05, 0) is 25.1 Å². The van der Waals surface area contributed by atoms with E-state index >= 15 is 0 Å². The van der Waals surface area contributed by atoms with E-state index in [-0.39, 0.29) is 23.4 Å². The molecule has 8 heteroatoms. The first-order chi connectivity index (χ1) is 12.3. The molecule has 2 rings (SSSR count). The number of hydrogen-bond acceptors (Lipinski definition) is 4. The molecule has 0 aliphatic heterocycles. The van der Waals surface area contributed by atoms with Crippen LogP contribution in [0.5, 0.6) is 5.75 Å². The van der Waals surface area contributed by atoms with Crippen molar-refractivity contribution in [1.82, 2.24) is 9.88 Å². The highest BCUT2D eigenvalue weighted by Crippen LogP contribution is 2.22. The number of rotatable bonds is 6. The Hall–Kier alpha value is -3.16.